The number of guanidine groups is 1. The smallest absolute Gasteiger partial charge is 0.334 e. The molecule has 0 fully saturated rings. The number of para-hydroxylation sites is 1. The first-order valence-electron chi connectivity index (χ1n) is 16.7. The molecule has 0 saturated carbocycles. The Morgan fingerprint density at radius 3 is 2.12 bits per heavy atom. The second kappa shape index (κ2) is 19.4. The number of hydrogen-bond donors (Lipinski definition) is 9. The summed E-state index contributed by atoms with van der Waals surface area (Å²) in [5.74, 6) is -2.60. The van der Waals surface area contributed by atoms with E-state index < -0.39 is 53.7 Å². The number of benzene rings is 2. The van der Waals surface area contributed by atoms with E-state index in [0.717, 1.165) is 22.0 Å². The number of nitrogens with zero attached hydrogens (tertiary/aromatic N) is 1. The maximum atomic E-state index is 13.7. The van der Waals surface area contributed by atoms with E-state index in [1.165, 1.54) is 7.05 Å². The third-order valence-corrected chi connectivity index (χ3v) is 8.07. The zero-order chi connectivity index (χ0) is 36.6. The molecule has 6 amide bonds. The van der Waals surface area contributed by atoms with Crippen LogP contribution in [0.1, 0.15) is 51.2 Å². The minimum atomic E-state index is -1.09. The van der Waals surface area contributed by atoms with Gasteiger partial charge in [-0.05, 0) is 48.8 Å². The molecule has 1 heterocycles. The molecule has 0 saturated heterocycles. The number of carbonyl (C=O) groups excluding carboxylic acids is 5. The molecular weight excluding hydrogens is 640 g/mol. The van der Waals surface area contributed by atoms with Crippen LogP contribution < -0.4 is 43.6 Å². The Bertz CT molecular complexity index is 1620. The third kappa shape index (κ3) is 12.5. The van der Waals surface area contributed by atoms with E-state index in [-0.39, 0.29) is 31.1 Å². The van der Waals surface area contributed by atoms with E-state index in [1.807, 2.05) is 68.4 Å². The van der Waals surface area contributed by atoms with Crippen LogP contribution >= 0.6 is 0 Å². The molecule has 0 aliphatic rings. The number of hydrogen-bond acceptors (Lipinski definition) is 6. The molecular formula is C35H50N10O5. The lowest BCUT2D eigenvalue weighted by atomic mass is 10.0. The first kappa shape index (κ1) is 38.8. The van der Waals surface area contributed by atoms with E-state index in [1.54, 1.807) is 13.1 Å². The molecule has 15 nitrogen and oxygen atoms in total. The lowest BCUT2D eigenvalue weighted by molar-refractivity contribution is -0.132. The number of aliphatic imine (C=N–C) groups is 1. The highest BCUT2D eigenvalue weighted by molar-refractivity contribution is 5.94. The molecule has 270 valence electrons. The molecule has 11 N–H and O–H groups in total. The van der Waals surface area contributed by atoms with Crippen molar-refractivity contribution in [1.29, 1.82) is 0 Å². The summed E-state index contributed by atoms with van der Waals surface area (Å²) in [6.45, 7) is 5.86. The zero-order valence-corrected chi connectivity index (χ0v) is 29.0. The van der Waals surface area contributed by atoms with Crippen LogP contribution in [0.4, 0.5) is 4.79 Å². The van der Waals surface area contributed by atoms with E-state index in [2.05, 4.69) is 42.1 Å². The van der Waals surface area contributed by atoms with Crippen molar-refractivity contribution in [3.63, 3.8) is 0 Å². The van der Waals surface area contributed by atoms with Crippen molar-refractivity contribution in [1.82, 2.24) is 37.1 Å². The summed E-state index contributed by atoms with van der Waals surface area (Å²) in [5.41, 5.74) is 18.8. The van der Waals surface area contributed by atoms with Crippen molar-refractivity contribution < 1.29 is 24.0 Å². The normalized spacial score (nSPS) is 13.8. The van der Waals surface area contributed by atoms with Gasteiger partial charge >= 0.3 is 6.03 Å². The number of rotatable bonds is 17. The number of primary amides is 1. The lowest BCUT2D eigenvalue weighted by Crippen LogP contribution is -2.58. The van der Waals surface area contributed by atoms with Crippen LogP contribution in [-0.4, -0.2) is 72.3 Å². The Kier molecular flexibility index (Phi) is 15.1. The Morgan fingerprint density at radius 2 is 1.44 bits per heavy atom. The number of hydrazine groups is 1. The highest BCUT2D eigenvalue weighted by Gasteiger charge is 2.30. The molecule has 0 radical (unpaired) electrons. The standard InChI is InChI=1S/C35H50N10O5/c1-21(2)17-29(43-35(50)45-44-31(47)22(3)18-23-11-6-5-7-12-23)33(49)41-27(15-10-16-39-34(37)38-4)32(48)42-28(30(36)46)19-24-20-40-26-14-9-8-13-25(24)26/h5-9,11-14,20-22,27-29,40H,10,15-19H2,1-4H3,(H2,36,46)(H,41,49)(H,42,48)(H,44,47)(H3,37,38,39)(H2,43,45,50)/t22-,27-,28-,29-/m0/s1. The first-order chi connectivity index (χ1) is 23.9. The Hall–Kier alpha value is -5.60. The lowest BCUT2D eigenvalue weighted by Gasteiger charge is -2.26. The molecule has 0 aliphatic carbocycles. The van der Waals surface area contributed by atoms with E-state index in [9.17, 15) is 24.0 Å². The summed E-state index contributed by atoms with van der Waals surface area (Å²) in [5, 5.41) is 11.9. The molecule has 0 bridgehead atoms. The van der Waals surface area contributed by atoms with Gasteiger partial charge in [-0.3, -0.25) is 29.6 Å². The van der Waals surface area contributed by atoms with E-state index in [4.69, 9.17) is 11.5 Å². The molecule has 0 unspecified atom stereocenters. The van der Waals surface area contributed by atoms with Crippen molar-refractivity contribution >= 4 is 46.5 Å². The molecule has 50 heavy (non-hydrogen) atoms. The predicted molar refractivity (Wildman–Crippen MR) is 192 cm³/mol. The SMILES string of the molecule is CN=C(N)NCCC[C@H](NC(=O)[C@H](CC(C)C)NC(=O)NNC(=O)[C@@H](C)Cc1ccccc1)C(=O)N[C@@H](Cc1c[nH]c2ccccc12)C(N)=O. The van der Waals surface area contributed by atoms with Crippen LogP contribution in [0.2, 0.25) is 0 Å². The fourth-order valence-corrected chi connectivity index (χ4v) is 5.36. The van der Waals surface area contributed by atoms with Gasteiger partial charge < -0.3 is 37.7 Å². The average molecular weight is 691 g/mol. The summed E-state index contributed by atoms with van der Waals surface area (Å²) in [7, 11) is 1.53. The van der Waals surface area contributed by atoms with Crippen molar-refractivity contribution in [2.24, 2.45) is 28.3 Å². The van der Waals surface area contributed by atoms with Gasteiger partial charge in [0.2, 0.25) is 23.6 Å². The van der Waals surface area contributed by atoms with Gasteiger partial charge in [-0.15, -0.1) is 0 Å². The van der Waals surface area contributed by atoms with Crippen molar-refractivity contribution in [3.05, 3.63) is 71.9 Å². The van der Waals surface area contributed by atoms with Crippen molar-refractivity contribution in [3.8, 4) is 0 Å². The molecule has 15 heteroatoms. The number of carbonyl (C=O) groups is 5. The largest absolute Gasteiger partial charge is 0.370 e. The summed E-state index contributed by atoms with van der Waals surface area (Å²) in [4.78, 5) is 72.2. The van der Waals surface area contributed by atoms with Crippen LogP contribution in [-0.2, 0) is 32.0 Å². The van der Waals surface area contributed by atoms with Gasteiger partial charge in [0.1, 0.15) is 18.1 Å². The minimum Gasteiger partial charge on any atom is -0.370 e. The molecule has 0 spiro atoms. The zero-order valence-electron chi connectivity index (χ0n) is 29.0. The van der Waals surface area contributed by atoms with Crippen LogP contribution in [0.25, 0.3) is 10.9 Å². The fourth-order valence-electron chi connectivity index (χ4n) is 5.36. The summed E-state index contributed by atoms with van der Waals surface area (Å²) in [6, 6.07) is 13.0. The summed E-state index contributed by atoms with van der Waals surface area (Å²) < 4.78 is 0. The Morgan fingerprint density at radius 1 is 0.780 bits per heavy atom. The highest BCUT2D eigenvalue weighted by Crippen LogP contribution is 2.19. The monoisotopic (exact) mass is 690 g/mol. The minimum absolute atomic E-state index is 0.0188. The van der Waals surface area contributed by atoms with E-state index in [0.29, 0.717) is 19.4 Å². The number of amides is 6. The van der Waals surface area contributed by atoms with Gasteiger partial charge in [-0.2, -0.15) is 0 Å². The number of fused-ring (bicyclic) bond motifs is 1. The van der Waals surface area contributed by atoms with Gasteiger partial charge in [-0.1, -0.05) is 69.3 Å². The molecule has 3 rings (SSSR count). The van der Waals surface area contributed by atoms with Crippen molar-refractivity contribution in [2.75, 3.05) is 13.6 Å². The molecule has 4 atom stereocenters. The third-order valence-electron chi connectivity index (χ3n) is 8.07. The fraction of sp³-hybridized carbons (Fsp3) is 0.429. The van der Waals surface area contributed by atoms with Crippen LogP contribution in [0, 0.1) is 11.8 Å². The molecule has 3 aromatic rings. The van der Waals surface area contributed by atoms with E-state index >= 15 is 0 Å². The second-order valence-electron chi connectivity index (χ2n) is 12.6. The number of urea groups is 1. The topological polar surface area (TPSA) is 238 Å². The van der Waals surface area contributed by atoms with Crippen LogP contribution in [0.3, 0.4) is 0 Å². The molecule has 1 aromatic heterocycles. The summed E-state index contributed by atoms with van der Waals surface area (Å²) in [6.07, 6.45) is 3.16. The Labute approximate surface area is 292 Å². The average Bonchev–Trinajstić information content (AvgIpc) is 3.50. The number of nitrogens with two attached hydrogens (primary N) is 2. The first-order valence-corrected chi connectivity index (χ1v) is 16.7. The van der Waals surface area contributed by atoms with Crippen LogP contribution in [0.5, 0.6) is 0 Å². The van der Waals surface area contributed by atoms with Crippen molar-refractivity contribution in [2.45, 2.75) is 71.0 Å². The Balaban J connectivity index is 1.68. The summed E-state index contributed by atoms with van der Waals surface area (Å²) >= 11 is 0. The second-order valence-corrected chi connectivity index (χ2v) is 12.6. The van der Waals surface area contributed by atoms with Gasteiger partial charge in [0.15, 0.2) is 5.96 Å². The molecule has 2 aromatic carbocycles. The molecule has 0 aliphatic heterocycles. The predicted octanol–water partition coefficient (Wildman–Crippen LogP) is 1.10. The van der Waals surface area contributed by atoms with Gasteiger partial charge in [-0.25, -0.2) is 10.2 Å². The quantitative estimate of drug-likeness (QED) is 0.0432. The van der Waals surface area contributed by atoms with Crippen LogP contribution in [0.15, 0.2) is 65.8 Å². The highest BCUT2D eigenvalue weighted by atomic mass is 16.2. The number of aromatic nitrogens is 1. The van der Waals surface area contributed by atoms with Gasteiger partial charge in [0.25, 0.3) is 0 Å². The number of nitrogens with one attached hydrogen (secondary N) is 7. The van der Waals surface area contributed by atoms with Gasteiger partial charge in [0, 0.05) is 43.0 Å². The number of H-pyrrole nitrogens is 1. The number of aromatic amines is 1. The maximum absolute atomic E-state index is 13.7. The van der Waals surface area contributed by atoms with Gasteiger partial charge in [0.05, 0.1) is 0 Å². The maximum Gasteiger partial charge on any atom is 0.334 e.